The molecule has 0 saturated carbocycles. The van der Waals surface area contributed by atoms with E-state index < -0.39 is 6.10 Å². The molecule has 0 amide bonds. The molecule has 0 aromatic carbocycles. The van der Waals surface area contributed by atoms with Gasteiger partial charge in [0.15, 0.2) is 0 Å². The molecule has 25 heavy (non-hydrogen) atoms. The molecule has 0 aliphatic carbocycles. The standard InChI is InChI=1S/C21H44NO2.ClH/c1-5-6-7-8-9-10-11-12-13-14-15-16-17-18-21(24)20(19-23)22(2,3)4;/h17-18,20-21,23-24H,5-16,19H2,1-4H3;1H/q+1;/p-1/b18-17+;/t20-,21+;/m1./s1. The molecule has 2 N–H and O–H groups in total. The molecule has 0 aromatic rings. The number of rotatable bonds is 16. The van der Waals surface area contributed by atoms with Gasteiger partial charge in [0.05, 0.1) is 27.7 Å². The van der Waals surface area contributed by atoms with Crippen molar-refractivity contribution >= 4 is 0 Å². The molecule has 0 heterocycles. The zero-order chi connectivity index (χ0) is 18.3. The first-order valence-electron chi connectivity index (χ1n) is 10.2. The van der Waals surface area contributed by atoms with Crippen molar-refractivity contribution in [3.63, 3.8) is 0 Å². The fraction of sp³-hybridized carbons (Fsp3) is 0.905. The lowest BCUT2D eigenvalue weighted by molar-refractivity contribution is -0.899. The van der Waals surface area contributed by atoms with Crippen LogP contribution < -0.4 is 12.4 Å². The van der Waals surface area contributed by atoms with E-state index in [0.717, 1.165) is 6.42 Å². The van der Waals surface area contributed by atoms with Crippen LogP contribution in [0.25, 0.3) is 0 Å². The van der Waals surface area contributed by atoms with Gasteiger partial charge < -0.3 is 27.1 Å². The Kier molecular flexibility index (Phi) is 18.8. The van der Waals surface area contributed by atoms with E-state index in [1.807, 2.05) is 27.2 Å². The molecule has 4 heteroatoms. The maximum Gasteiger partial charge on any atom is 0.142 e. The molecule has 0 fully saturated rings. The molecule has 0 radical (unpaired) electrons. The first kappa shape index (κ1) is 27.1. The summed E-state index contributed by atoms with van der Waals surface area (Å²) in [5.41, 5.74) is 0. The minimum atomic E-state index is -0.567. The Balaban J connectivity index is 0. The summed E-state index contributed by atoms with van der Waals surface area (Å²) >= 11 is 0. The van der Waals surface area contributed by atoms with Crippen LogP contribution in [0.3, 0.4) is 0 Å². The van der Waals surface area contributed by atoms with E-state index >= 15 is 0 Å². The number of aliphatic hydroxyl groups excluding tert-OH is 2. The maximum atomic E-state index is 10.2. The van der Waals surface area contributed by atoms with Crippen LogP contribution in [0.1, 0.15) is 84.0 Å². The third-order valence-electron chi connectivity index (χ3n) is 4.88. The summed E-state index contributed by atoms with van der Waals surface area (Å²) in [5, 5.41) is 19.6. The van der Waals surface area contributed by atoms with Crippen LogP contribution in [0.15, 0.2) is 12.2 Å². The van der Waals surface area contributed by atoms with Crippen LogP contribution in [0.5, 0.6) is 0 Å². The molecule has 3 nitrogen and oxygen atoms in total. The van der Waals surface area contributed by atoms with Gasteiger partial charge in [0, 0.05) is 0 Å². The van der Waals surface area contributed by atoms with Gasteiger partial charge in [0.2, 0.25) is 0 Å². The highest BCUT2D eigenvalue weighted by molar-refractivity contribution is 4.92. The monoisotopic (exact) mass is 377 g/mol. The van der Waals surface area contributed by atoms with Crippen molar-refractivity contribution in [3.8, 4) is 0 Å². The first-order chi connectivity index (χ1) is 11.4. The molecular formula is C21H44ClNO2. The Morgan fingerprint density at radius 1 is 0.800 bits per heavy atom. The SMILES string of the molecule is CCCCCCCCCCCCC/C=C/[C@H](O)[C@@H](CO)[N+](C)(C)C.[Cl-]. The number of quaternary nitrogens is 1. The number of hydrogen-bond donors (Lipinski definition) is 2. The summed E-state index contributed by atoms with van der Waals surface area (Å²) in [7, 11) is 6.01. The number of allylic oxidation sites excluding steroid dienone is 1. The van der Waals surface area contributed by atoms with Gasteiger partial charge in [-0.25, -0.2) is 0 Å². The van der Waals surface area contributed by atoms with E-state index in [-0.39, 0.29) is 25.1 Å². The van der Waals surface area contributed by atoms with Crippen LogP contribution in [0, 0.1) is 0 Å². The van der Waals surface area contributed by atoms with Gasteiger partial charge in [0.1, 0.15) is 12.1 Å². The smallest absolute Gasteiger partial charge is 0.142 e. The number of hydrogen-bond acceptors (Lipinski definition) is 2. The molecule has 2 atom stereocenters. The van der Waals surface area contributed by atoms with E-state index in [0.29, 0.717) is 4.48 Å². The Morgan fingerprint density at radius 3 is 1.64 bits per heavy atom. The average Bonchev–Trinajstić information content (AvgIpc) is 2.51. The summed E-state index contributed by atoms with van der Waals surface area (Å²) in [6.45, 7) is 2.28. The maximum absolute atomic E-state index is 10.2. The number of nitrogens with zero attached hydrogens (tertiary/aromatic N) is 1. The zero-order valence-electron chi connectivity index (χ0n) is 17.2. The molecule has 0 bridgehead atoms. The summed E-state index contributed by atoms with van der Waals surface area (Å²) < 4.78 is 0.570. The minimum absolute atomic E-state index is 0. The molecule has 0 spiro atoms. The molecule has 152 valence electrons. The van der Waals surface area contributed by atoms with Crippen molar-refractivity contribution in [2.45, 2.75) is 96.1 Å². The van der Waals surface area contributed by atoms with Crippen LogP contribution in [-0.4, -0.2) is 54.6 Å². The fourth-order valence-corrected chi connectivity index (χ4v) is 3.10. The summed E-state index contributed by atoms with van der Waals surface area (Å²) in [6, 6.07) is -0.154. The van der Waals surface area contributed by atoms with E-state index in [1.54, 1.807) is 0 Å². The van der Waals surface area contributed by atoms with Crippen LogP contribution in [-0.2, 0) is 0 Å². The van der Waals surface area contributed by atoms with E-state index in [1.165, 1.54) is 70.6 Å². The van der Waals surface area contributed by atoms with Gasteiger partial charge in [-0.2, -0.15) is 0 Å². The molecule has 0 aliphatic heterocycles. The van der Waals surface area contributed by atoms with Crippen molar-refractivity contribution in [1.29, 1.82) is 0 Å². The number of aliphatic hydroxyl groups is 2. The highest BCUT2D eigenvalue weighted by Crippen LogP contribution is 2.13. The fourth-order valence-electron chi connectivity index (χ4n) is 3.10. The normalized spacial score (nSPS) is 14.5. The Morgan fingerprint density at radius 2 is 1.24 bits per heavy atom. The van der Waals surface area contributed by atoms with Crippen molar-refractivity contribution in [2.24, 2.45) is 0 Å². The zero-order valence-corrected chi connectivity index (χ0v) is 18.0. The second-order valence-electron chi connectivity index (χ2n) is 8.11. The topological polar surface area (TPSA) is 40.5 Å². The number of likely N-dealkylation sites (N-methyl/N-ethyl adjacent to an activating group) is 1. The van der Waals surface area contributed by atoms with E-state index in [4.69, 9.17) is 0 Å². The van der Waals surface area contributed by atoms with Gasteiger partial charge in [-0.1, -0.05) is 83.3 Å². The highest BCUT2D eigenvalue weighted by atomic mass is 35.5. The largest absolute Gasteiger partial charge is 1.00 e. The Hall–Kier alpha value is -0.0900. The van der Waals surface area contributed by atoms with Crippen LogP contribution >= 0.6 is 0 Å². The van der Waals surface area contributed by atoms with Crippen LogP contribution in [0.2, 0.25) is 0 Å². The summed E-state index contributed by atoms with van der Waals surface area (Å²) in [6.07, 6.45) is 19.4. The second-order valence-corrected chi connectivity index (χ2v) is 8.11. The van der Waals surface area contributed by atoms with Gasteiger partial charge in [-0.3, -0.25) is 0 Å². The average molecular weight is 378 g/mol. The van der Waals surface area contributed by atoms with Crippen molar-refractivity contribution in [3.05, 3.63) is 12.2 Å². The van der Waals surface area contributed by atoms with Gasteiger partial charge in [-0.15, -0.1) is 0 Å². The first-order valence-corrected chi connectivity index (χ1v) is 10.2. The van der Waals surface area contributed by atoms with Crippen molar-refractivity contribution in [2.75, 3.05) is 27.7 Å². The highest BCUT2D eigenvalue weighted by Gasteiger charge is 2.28. The Labute approximate surface area is 163 Å². The predicted octanol–water partition coefficient (Wildman–Crippen LogP) is 1.68. The third kappa shape index (κ3) is 15.9. The predicted molar refractivity (Wildman–Crippen MR) is 105 cm³/mol. The molecule has 0 aromatic heterocycles. The van der Waals surface area contributed by atoms with Crippen molar-refractivity contribution in [1.82, 2.24) is 0 Å². The quantitative estimate of drug-likeness (QED) is 0.244. The van der Waals surface area contributed by atoms with E-state index in [2.05, 4.69) is 13.0 Å². The molecule has 0 saturated heterocycles. The van der Waals surface area contributed by atoms with Gasteiger partial charge in [-0.05, 0) is 12.8 Å². The molecular weight excluding hydrogens is 334 g/mol. The van der Waals surface area contributed by atoms with Crippen LogP contribution in [0.4, 0.5) is 0 Å². The summed E-state index contributed by atoms with van der Waals surface area (Å²) in [5.74, 6) is 0. The lowest BCUT2D eigenvalue weighted by atomic mass is 10.0. The summed E-state index contributed by atoms with van der Waals surface area (Å²) in [4.78, 5) is 0. The lowest BCUT2D eigenvalue weighted by Gasteiger charge is -2.34. The van der Waals surface area contributed by atoms with Gasteiger partial charge >= 0.3 is 0 Å². The number of halogens is 1. The molecule has 0 aliphatic rings. The molecule has 0 rings (SSSR count). The minimum Gasteiger partial charge on any atom is -1.00 e. The van der Waals surface area contributed by atoms with Crippen molar-refractivity contribution < 1.29 is 27.1 Å². The van der Waals surface area contributed by atoms with Gasteiger partial charge in [0.25, 0.3) is 0 Å². The number of unbranched alkanes of at least 4 members (excludes halogenated alkanes) is 11. The lowest BCUT2D eigenvalue weighted by Crippen LogP contribution is -3.00. The van der Waals surface area contributed by atoms with E-state index in [9.17, 15) is 10.2 Å². The third-order valence-corrected chi connectivity index (χ3v) is 4.88. The molecule has 0 unspecified atom stereocenters. The second kappa shape index (κ2) is 17.3. The Bertz CT molecular complexity index is 303.